The maximum absolute atomic E-state index is 12.6. The van der Waals surface area contributed by atoms with Crippen molar-refractivity contribution >= 4 is 11.9 Å². The first kappa shape index (κ1) is 15.2. The number of carbonyl (C=O) groups excluding carboxylic acids is 1. The molecule has 1 fully saturated rings. The molecule has 1 aliphatic carbocycles. The summed E-state index contributed by atoms with van der Waals surface area (Å²) in [7, 11) is 0. The predicted molar refractivity (Wildman–Crippen MR) is 82.4 cm³/mol. The number of amides is 1. The van der Waals surface area contributed by atoms with E-state index in [9.17, 15) is 14.7 Å². The van der Waals surface area contributed by atoms with Crippen molar-refractivity contribution in [2.75, 3.05) is 0 Å². The second-order valence-electron chi connectivity index (χ2n) is 5.85. The zero-order valence-corrected chi connectivity index (χ0v) is 13.0. The lowest BCUT2D eigenvalue weighted by Crippen LogP contribution is -2.44. The van der Waals surface area contributed by atoms with E-state index in [0.717, 1.165) is 24.1 Å². The van der Waals surface area contributed by atoms with E-state index in [1.807, 2.05) is 31.2 Å². The minimum atomic E-state index is -1.02. The van der Waals surface area contributed by atoms with Crippen LogP contribution in [0.1, 0.15) is 35.8 Å². The van der Waals surface area contributed by atoms with Gasteiger partial charge in [0.05, 0.1) is 11.9 Å². The average molecular weight is 314 g/mol. The zero-order chi connectivity index (χ0) is 16.6. The van der Waals surface area contributed by atoms with E-state index in [2.05, 4.69) is 10.3 Å². The molecule has 0 radical (unpaired) electrons. The molecule has 0 bridgehead atoms. The molecule has 7 nitrogen and oxygen atoms in total. The quantitative estimate of drug-likeness (QED) is 0.906. The van der Waals surface area contributed by atoms with Gasteiger partial charge in [-0.15, -0.1) is 5.10 Å². The van der Waals surface area contributed by atoms with Gasteiger partial charge >= 0.3 is 5.97 Å². The number of hydrogen-bond acceptors (Lipinski definition) is 4. The Balaban J connectivity index is 1.86. The molecule has 2 aromatic rings. The van der Waals surface area contributed by atoms with Gasteiger partial charge in [0.15, 0.2) is 5.69 Å². The van der Waals surface area contributed by atoms with Crippen molar-refractivity contribution in [2.45, 2.75) is 38.8 Å². The predicted octanol–water partition coefficient (Wildman–Crippen LogP) is 1.65. The highest BCUT2D eigenvalue weighted by Crippen LogP contribution is 2.30. The van der Waals surface area contributed by atoms with Gasteiger partial charge in [0, 0.05) is 6.04 Å². The molecular weight excluding hydrogens is 296 g/mol. The van der Waals surface area contributed by atoms with Gasteiger partial charge in [0.1, 0.15) is 6.04 Å². The number of benzene rings is 1. The summed E-state index contributed by atoms with van der Waals surface area (Å²) in [5, 5.41) is 17.1. The van der Waals surface area contributed by atoms with Crippen LogP contribution in [-0.4, -0.2) is 49.0 Å². The summed E-state index contributed by atoms with van der Waals surface area (Å²) in [6.07, 6.45) is 3.20. The average Bonchev–Trinajstić information content (AvgIpc) is 3.22. The number of carboxylic acid groups (broad SMARTS) is 1. The van der Waals surface area contributed by atoms with E-state index >= 15 is 0 Å². The van der Waals surface area contributed by atoms with Gasteiger partial charge in [0.25, 0.3) is 5.91 Å². The summed E-state index contributed by atoms with van der Waals surface area (Å²) in [4.78, 5) is 25.3. The number of aromatic nitrogens is 3. The van der Waals surface area contributed by atoms with Crippen molar-refractivity contribution in [3.8, 4) is 5.69 Å². The van der Waals surface area contributed by atoms with Crippen molar-refractivity contribution in [1.29, 1.82) is 0 Å². The largest absolute Gasteiger partial charge is 0.480 e. The van der Waals surface area contributed by atoms with Gasteiger partial charge in [-0.1, -0.05) is 17.3 Å². The Labute approximate surface area is 133 Å². The van der Waals surface area contributed by atoms with Gasteiger partial charge in [-0.2, -0.15) is 0 Å². The molecule has 1 atom stereocenters. The van der Waals surface area contributed by atoms with Gasteiger partial charge < -0.3 is 10.0 Å². The van der Waals surface area contributed by atoms with Crippen LogP contribution in [0.15, 0.2) is 30.5 Å². The standard InChI is InChI=1S/C16H18N4O3/c1-10-4-3-5-13(8-10)19-9-14(17-18-19)15(21)20(12-6-7-12)11(2)16(22)23/h3-5,8-9,11-12H,6-7H2,1-2H3,(H,22,23). The van der Waals surface area contributed by atoms with E-state index < -0.39 is 12.0 Å². The van der Waals surface area contributed by atoms with Gasteiger partial charge in [-0.3, -0.25) is 4.79 Å². The van der Waals surface area contributed by atoms with Crippen LogP contribution >= 0.6 is 0 Å². The van der Waals surface area contributed by atoms with Crippen LogP contribution < -0.4 is 0 Å². The number of carboxylic acids is 1. The Morgan fingerprint density at radius 2 is 2.13 bits per heavy atom. The van der Waals surface area contributed by atoms with Crippen molar-refractivity contribution in [1.82, 2.24) is 19.9 Å². The Morgan fingerprint density at radius 3 is 2.74 bits per heavy atom. The number of hydrogen-bond donors (Lipinski definition) is 1. The fourth-order valence-electron chi connectivity index (χ4n) is 2.52. The minimum absolute atomic E-state index is 0.0160. The molecule has 1 aliphatic rings. The molecule has 23 heavy (non-hydrogen) atoms. The van der Waals surface area contributed by atoms with E-state index in [0.29, 0.717) is 0 Å². The van der Waals surface area contributed by atoms with Crippen LogP contribution in [0.5, 0.6) is 0 Å². The third kappa shape index (κ3) is 3.08. The first-order valence-electron chi connectivity index (χ1n) is 7.52. The Bertz CT molecular complexity index is 751. The summed E-state index contributed by atoms with van der Waals surface area (Å²) in [6, 6.07) is 6.78. The molecule has 0 spiro atoms. The Morgan fingerprint density at radius 1 is 1.39 bits per heavy atom. The highest BCUT2D eigenvalue weighted by molar-refractivity contribution is 5.95. The molecule has 1 amide bonds. The lowest BCUT2D eigenvalue weighted by atomic mass is 10.2. The third-order valence-electron chi connectivity index (χ3n) is 3.93. The van der Waals surface area contributed by atoms with Crippen molar-refractivity contribution in [3.05, 3.63) is 41.7 Å². The molecule has 1 N–H and O–H groups in total. The van der Waals surface area contributed by atoms with Crippen LogP contribution in [0.3, 0.4) is 0 Å². The molecule has 3 rings (SSSR count). The lowest BCUT2D eigenvalue weighted by molar-refractivity contribution is -0.141. The van der Waals surface area contributed by atoms with Crippen LogP contribution in [-0.2, 0) is 4.79 Å². The van der Waals surface area contributed by atoms with E-state index in [-0.39, 0.29) is 17.6 Å². The van der Waals surface area contributed by atoms with Crippen molar-refractivity contribution in [2.24, 2.45) is 0 Å². The molecule has 120 valence electrons. The number of rotatable bonds is 5. The maximum Gasteiger partial charge on any atom is 0.326 e. The molecule has 1 unspecified atom stereocenters. The molecule has 1 saturated carbocycles. The van der Waals surface area contributed by atoms with Crippen LogP contribution in [0.4, 0.5) is 0 Å². The number of nitrogens with zero attached hydrogens (tertiary/aromatic N) is 4. The third-order valence-corrected chi connectivity index (χ3v) is 3.93. The van der Waals surface area contributed by atoms with Crippen molar-refractivity contribution in [3.63, 3.8) is 0 Å². The summed E-state index contributed by atoms with van der Waals surface area (Å²) < 4.78 is 1.52. The second kappa shape index (κ2) is 5.83. The molecule has 7 heteroatoms. The van der Waals surface area contributed by atoms with E-state index in [1.165, 1.54) is 16.5 Å². The van der Waals surface area contributed by atoms with Gasteiger partial charge in [-0.25, -0.2) is 9.48 Å². The second-order valence-corrected chi connectivity index (χ2v) is 5.85. The normalized spacial score (nSPS) is 15.2. The monoisotopic (exact) mass is 314 g/mol. The molecule has 1 heterocycles. The fourth-order valence-corrected chi connectivity index (χ4v) is 2.52. The fraction of sp³-hybridized carbons (Fsp3) is 0.375. The Hall–Kier alpha value is -2.70. The minimum Gasteiger partial charge on any atom is -0.480 e. The summed E-state index contributed by atoms with van der Waals surface area (Å²) in [6.45, 7) is 3.49. The lowest BCUT2D eigenvalue weighted by Gasteiger charge is -2.25. The van der Waals surface area contributed by atoms with E-state index in [4.69, 9.17) is 0 Å². The molecule has 0 aliphatic heterocycles. The molecule has 1 aromatic carbocycles. The molecular formula is C16H18N4O3. The first-order chi connectivity index (χ1) is 11.0. The number of carbonyl (C=O) groups is 2. The molecule has 1 aromatic heterocycles. The maximum atomic E-state index is 12.6. The number of aliphatic carboxylic acids is 1. The summed E-state index contributed by atoms with van der Waals surface area (Å²) in [5.41, 5.74) is 2.04. The van der Waals surface area contributed by atoms with Crippen LogP contribution in [0, 0.1) is 6.92 Å². The molecule has 0 saturated heterocycles. The van der Waals surface area contributed by atoms with Crippen molar-refractivity contribution < 1.29 is 14.7 Å². The first-order valence-corrected chi connectivity index (χ1v) is 7.52. The van der Waals surface area contributed by atoms with Crippen LogP contribution in [0.2, 0.25) is 0 Å². The van der Waals surface area contributed by atoms with E-state index in [1.54, 1.807) is 6.20 Å². The highest BCUT2D eigenvalue weighted by Gasteiger charge is 2.39. The zero-order valence-electron chi connectivity index (χ0n) is 13.0. The Kier molecular flexibility index (Phi) is 3.85. The highest BCUT2D eigenvalue weighted by atomic mass is 16.4. The van der Waals surface area contributed by atoms with Gasteiger partial charge in [0.2, 0.25) is 0 Å². The smallest absolute Gasteiger partial charge is 0.326 e. The SMILES string of the molecule is Cc1cccc(-n2cc(C(=O)N(C3CC3)C(C)C(=O)O)nn2)c1. The number of aryl methyl sites for hydroxylation is 1. The topological polar surface area (TPSA) is 88.3 Å². The van der Waals surface area contributed by atoms with Crippen LogP contribution in [0.25, 0.3) is 5.69 Å². The van der Waals surface area contributed by atoms with Gasteiger partial charge in [-0.05, 0) is 44.4 Å². The summed E-state index contributed by atoms with van der Waals surface area (Å²) in [5.74, 6) is -1.40. The summed E-state index contributed by atoms with van der Waals surface area (Å²) >= 11 is 0.